The zero-order chi connectivity index (χ0) is 17.3. The summed E-state index contributed by atoms with van der Waals surface area (Å²) in [5.74, 6) is 2.59. The summed E-state index contributed by atoms with van der Waals surface area (Å²) in [6, 6.07) is 10.8. The number of thioether (sulfide) groups is 1. The van der Waals surface area contributed by atoms with Gasteiger partial charge in [0.05, 0.1) is 19.3 Å². The maximum Gasteiger partial charge on any atom is 0.222 e. The molecule has 0 spiro atoms. The third kappa shape index (κ3) is 6.01. The summed E-state index contributed by atoms with van der Waals surface area (Å²) in [6.07, 6.45) is 3.72. The predicted octanol–water partition coefficient (Wildman–Crippen LogP) is 2.68. The Kier molecular flexibility index (Phi) is 7.64. The van der Waals surface area contributed by atoms with Crippen molar-refractivity contribution >= 4 is 17.7 Å². The van der Waals surface area contributed by atoms with Crippen molar-refractivity contribution in [2.45, 2.75) is 31.7 Å². The average Bonchev–Trinajstić information content (AvgIpc) is 2.89. The molecule has 0 aliphatic carbocycles. The van der Waals surface area contributed by atoms with Gasteiger partial charge in [-0.3, -0.25) is 9.69 Å². The minimum absolute atomic E-state index is 0.344. The lowest BCUT2D eigenvalue weighted by atomic mass is 10.1. The number of benzene rings is 1. The standard InChI is InChI=1S/C20H30N2O2S/c23-20(9-4-8-18-6-2-1-3-7-18)22-10-5-15-25-17-19(22)16-21-11-13-24-14-12-21/h1-3,6-7,19H,4-5,8-17H2. The van der Waals surface area contributed by atoms with Crippen molar-refractivity contribution in [2.24, 2.45) is 0 Å². The molecule has 2 heterocycles. The molecule has 1 atom stereocenters. The highest BCUT2D eigenvalue weighted by atomic mass is 32.2. The van der Waals surface area contributed by atoms with Gasteiger partial charge in [0.15, 0.2) is 0 Å². The molecule has 2 aliphatic rings. The molecular weight excluding hydrogens is 332 g/mol. The van der Waals surface area contributed by atoms with E-state index in [9.17, 15) is 4.79 Å². The first-order valence-electron chi connectivity index (χ1n) is 9.54. The molecule has 2 saturated heterocycles. The SMILES string of the molecule is O=C(CCCc1ccccc1)N1CCCSCC1CN1CCOCC1. The van der Waals surface area contributed by atoms with Crippen molar-refractivity contribution in [3.63, 3.8) is 0 Å². The smallest absolute Gasteiger partial charge is 0.222 e. The van der Waals surface area contributed by atoms with Gasteiger partial charge in [0.25, 0.3) is 0 Å². The van der Waals surface area contributed by atoms with Crippen molar-refractivity contribution < 1.29 is 9.53 Å². The Balaban J connectivity index is 1.51. The fourth-order valence-electron chi connectivity index (χ4n) is 3.62. The van der Waals surface area contributed by atoms with Gasteiger partial charge in [0, 0.05) is 38.4 Å². The van der Waals surface area contributed by atoms with Crippen LogP contribution in [0.15, 0.2) is 30.3 Å². The summed E-state index contributed by atoms with van der Waals surface area (Å²) < 4.78 is 5.46. The molecule has 0 bridgehead atoms. The van der Waals surface area contributed by atoms with Gasteiger partial charge in [-0.2, -0.15) is 11.8 Å². The van der Waals surface area contributed by atoms with E-state index < -0.39 is 0 Å². The van der Waals surface area contributed by atoms with Gasteiger partial charge in [-0.15, -0.1) is 0 Å². The van der Waals surface area contributed by atoms with E-state index in [0.717, 1.165) is 64.4 Å². The van der Waals surface area contributed by atoms with E-state index in [1.807, 2.05) is 17.8 Å². The van der Waals surface area contributed by atoms with Crippen LogP contribution in [0, 0.1) is 0 Å². The van der Waals surface area contributed by atoms with Crippen molar-refractivity contribution in [1.82, 2.24) is 9.80 Å². The highest BCUT2D eigenvalue weighted by Gasteiger charge is 2.27. The minimum atomic E-state index is 0.344. The fraction of sp³-hybridized carbons (Fsp3) is 0.650. The molecule has 5 heteroatoms. The zero-order valence-corrected chi connectivity index (χ0v) is 15.9. The van der Waals surface area contributed by atoms with E-state index in [1.165, 1.54) is 11.3 Å². The monoisotopic (exact) mass is 362 g/mol. The molecule has 138 valence electrons. The number of ether oxygens (including phenoxy) is 1. The Labute approximate surface area is 155 Å². The summed E-state index contributed by atoms with van der Waals surface area (Å²) in [5, 5.41) is 0. The molecule has 25 heavy (non-hydrogen) atoms. The minimum Gasteiger partial charge on any atom is -0.379 e. The average molecular weight is 363 g/mol. The Morgan fingerprint density at radius 3 is 2.76 bits per heavy atom. The summed E-state index contributed by atoms with van der Waals surface area (Å²) in [7, 11) is 0. The van der Waals surface area contributed by atoms with Gasteiger partial charge in [0.2, 0.25) is 5.91 Å². The lowest BCUT2D eigenvalue weighted by Gasteiger charge is -2.35. The van der Waals surface area contributed by atoms with Gasteiger partial charge in [-0.05, 0) is 30.6 Å². The molecule has 1 aromatic rings. The van der Waals surface area contributed by atoms with Crippen LogP contribution in [-0.2, 0) is 16.0 Å². The maximum absolute atomic E-state index is 12.9. The number of aryl methyl sites for hydroxylation is 1. The number of hydrogen-bond donors (Lipinski definition) is 0. The molecule has 0 aromatic heterocycles. The van der Waals surface area contributed by atoms with Gasteiger partial charge in [-0.25, -0.2) is 0 Å². The molecule has 0 N–H and O–H groups in total. The number of rotatable bonds is 6. The largest absolute Gasteiger partial charge is 0.379 e. The number of morpholine rings is 1. The lowest BCUT2D eigenvalue weighted by Crippen LogP contribution is -2.50. The van der Waals surface area contributed by atoms with Crippen LogP contribution in [-0.4, -0.2) is 72.6 Å². The fourth-order valence-corrected chi connectivity index (χ4v) is 4.68. The quantitative estimate of drug-likeness (QED) is 0.779. The van der Waals surface area contributed by atoms with Crippen LogP contribution in [0.5, 0.6) is 0 Å². The number of carbonyl (C=O) groups excluding carboxylic acids is 1. The molecule has 1 aromatic carbocycles. The summed E-state index contributed by atoms with van der Waals surface area (Å²) >= 11 is 2.00. The highest BCUT2D eigenvalue weighted by molar-refractivity contribution is 7.99. The van der Waals surface area contributed by atoms with Gasteiger partial charge >= 0.3 is 0 Å². The summed E-state index contributed by atoms with van der Waals surface area (Å²) in [5.41, 5.74) is 1.33. The third-order valence-corrected chi connectivity index (χ3v) is 6.23. The molecule has 1 unspecified atom stereocenters. The lowest BCUT2D eigenvalue weighted by molar-refractivity contribution is -0.133. The maximum atomic E-state index is 12.9. The molecule has 0 radical (unpaired) electrons. The van der Waals surface area contributed by atoms with Crippen LogP contribution in [0.4, 0.5) is 0 Å². The Morgan fingerprint density at radius 2 is 1.96 bits per heavy atom. The predicted molar refractivity (Wildman–Crippen MR) is 104 cm³/mol. The van der Waals surface area contributed by atoms with E-state index >= 15 is 0 Å². The van der Waals surface area contributed by atoms with Crippen LogP contribution >= 0.6 is 11.8 Å². The molecule has 2 aliphatic heterocycles. The Bertz CT molecular complexity index is 520. The first-order chi connectivity index (χ1) is 12.3. The van der Waals surface area contributed by atoms with Gasteiger partial charge in [0.1, 0.15) is 0 Å². The molecule has 0 saturated carbocycles. The van der Waals surface area contributed by atoms with Crippen LogP contribution < -0.4 is 0 Å². The molecular formula is C20H30N2O2S. The van der Waals surface area contributed by atoms with Crippen molar-refractivity contribution in [1.29, 1.82) is 0 Å². The first-order valence-corrected chi connectivity index (χ1v) is 10.7. The molecule has 3 rings (SSSR count). The van der Waals surface area contributed by atoms with Crippen LogP contribution in [0.2, 0.25) is 0 Å². The third-order valence-electron chi connectivity index (χ3n) is 5.03. The Hall–Kier alpha value is -1.04. The molecule has 1 amide bonds. The highest BCUT2D eigenvalue weighted by Crippen LogP contribution is 2.19. The number of hydrogen-bond acceptors (Lipinski definition) is 4. The van der Waals surface area contributed by atoms with Crippen LogP contribution in [0.1, 0.15) is 24.8 Å². The summed E-state index contributed by atoms with van der Waals surface area (Å²) in [4.78, 5) is 17.5. The second-order valence-electron chi connectivity index (χ2n) is 6.92. The number of amides is 1. The van der Waals surface area contributed by atoms with Crippen LogP contribution in [0.3, 0.4) is 0 Å². The van der Waals surface area contributed by atoms with Crippen molar-refractivity contribution in [3.8, 4) is 0 Å². The van der Waals surface area contributed by atoms with E-state index in [2.05, 4.69) is 34.1 Å². The van der Waals surface area contributed by atoms with E-state index in [1.54, 1.807) is 0 Å². The number of nitrogens with zero attached hydrogens (tertiary/aromatic N) is 2. The topological polar surface area (TPSA) is 32.8 Å². The number of carbonyl (C=O) groups is 1. The van der Waals surface area contributed by atoms with E-state index in [0.29, 0.717) is 18.4 Å². The van der Waals surface area contributed by atoms with Gasteiger partial charge < -0.3 is 9.64 Å². The molecule has 4 nitrogen and oxygen atoms in total. The van der Waals surface area contributed by atoms with E-state index in [4.69, 9.17) is 4.74 Å². The van der Waals surface area contributed by atoms with E-state index in [-0.39, 0.29) is 0 Å². The van der Waals surface area contributed by atoms with Crippen LogP contribution in [0.25, 0.3) is 0 Å². The second kappa shape index (κ2) is 10.2. The van der Waals surface area contributed by atoms with Crippen molar-refractivity contribution in [2.75, 3.05) is 50.9 Å². The normalized spacial score (nSPS) is 22.6. The zero-order valence-electron chi connectivity index (χ0n) is 15.1. The first kappa shape index (κ1) is 18.7. The summed E-state index contributed by atoms with van der Waals surface area (Å²) in [6.45, 7) is 5.57. The van der Waals surface area contributed by atoms with Gasteiger partial charge in [-0.1, -0.05) is 30.3 Å². The van der Waals surface area contributed by atoms with Crippen molar-refractivity contribution in [3.05, 3.63) is 35.9 Å². The molecule has 2 fully saturated rings. The second-order valence-corrected chi connectivity index (χ2v) is 8.07. The Morgan fingerprint density at radius 1 is 1.16 bits per heavy atom.